The molecule has 114 valence electrons. The highest BCUT2D eigenvalue weighted by molar-refractivity contribution is 6.01. The zero-order valence-corrected chi connectivity index (χ0v) is 12.5. The van der Waals surface area contributed by atoms with Crippen molar-refractivity contribution < 1.29 is 14.7 Å². The third-order valence-corrected chi connectivity index (χ3v) is 4.33. The van der Waals surface area contributed by atoms with Crippen LogP contribution in [0.2, 0.25) is 0 Å². The number of aliphatic carboxylic acids is 1. The summed E-state index contributed by atoms with van der Waals surface area (Å²) in [4.78, 5) is 25.6. The van der Waals surface area contributed by atoms with E-state index in [2.05, 4.69) is 5.32 Å². The number of benzene rings is 1. The Labute approximate surface area is 125 Å². The maximum atomic E-state index is 13.1. The van der Waals surface area contributed by atoms with Crippen LogP contribution >= 0.6 is 0 Å². The van der Waals surface area contributed by atoms with E-state index >= 15 is 0 Å². The Morgan fingerprint density at radius 1 is 1.33 bits per heavy atom. The SMILES string of the molecule is CC(C)C1(C(=O)N(CC(=O)O)c2ccccc2)CCNC1. The van der Waals surface area contributed by atoms with Crippen LogP contribution in [0.15, 0.2) is 30.3 Å². The number of carbonyl (C=O) groups excluding carboxylic acids is 1. The summed E-state index contributed by atoms with van der Waals surface area (Å²) in [5.41, 5.74) is 0.113. The van der Waals surface area contributed by atoms with Crippen molar-refractivity contribution in [3.05, 3.63) is 30.3 Å². The molecule has 0 radical (unpaired) electrons. The first kappa shape index (κ1) is 15.5. The van der Waals surface area contributed by atoms with Crippen LogP contribution in [0.25, 0.3) is 0 Å². The molecule has 2 N–H and O–H groups in total. The standard InChI is InChI=1S/C16H22N2O3/c1-12(2)16(8-9-17-11-16)15(21)18(10-14(19)20)13-6-4-3-5-7-13/h3-7,12,17H,8-11H2,1-2H3,(H,19,20). The number of amides is 1. The van der Waals surface area contributed by atoms with Crippen LogP contribution in [0.5, 0.6) is 0 Å². The first-order chi connectivity index (χ1) is 9.97. The number of carboxylic acids is 1. The molecule has 0 saturated carbocycles. The second kappa shape index (κ2) is 6.26. The van der Waals surface area contributed by atoms with Crippen molar-refractivity contribution in [3.8, 4) is 0 Å². The number of rotatable bonds is 5. The average molecular weight is 290 g/mol. The van der Waals surface area contributed by atoms with E-state index in [4.69, 9.17) is 5.11 Å². The summed E-state index contributed by atoms with van der Waals surface area (Å²) in [6.45, 7) is 5.13. The summed E-state index contributed by atoms with van der Waals surface area (Å²) < 4.78 is 0. The van der Waals surface area contributed by atoms with Gasteiger partial charge in [-0.2, -0.15) is 0 Å². The van der Waals surface area contributed by atoms with Gasteiger partial charge in [-0.05, 0) is 31.0 Å². The molecule has 1 aliphatic rings. The summed E-state index contributed by atoms with van der Waals surface area (Å²) in [6.07, 6.45) is 0.743. The van der Waals surface area contributed by atoms with Gasteiger partial charge in [-0.15, -0.1) is 0 Å². The average Bonchev–Trinajstić information content (AvgIpc) is 2.95. The molecule has 1 saturated heterocycles. The molecule has 1 atom stereocenters. The molecule has 0 spiro atoms. The number of nitrogens with one attached hydrogen (secondary N) is 1. The van der Waals surface area contributed by atoms with E-state index in [1.165, 1.54) is 4.90 Å². The van der Waals surface area contributed by atoms with Gasteiger partial charge in [0.15, 0.2) is 0 Å². The number of carbonyl (C=O) groups is 2. The number of nitrogens with zero attached hydrogens (tertiary/aromatic N) is 1. The van der Waals surface area contributed by atoms with E-state index < -0.39 is 11.4 Å². The maximum Gasteiger partial charge on any atom is 0.323 e. The molecule has 1 aliphatic heterocycles. The second-order valence-electron chi connectivity index (χ2n) is 5.86. The van der Waals surface area contributed by atoms with Crippen LogP contribution < -0.4 is 10.2 Å². The fraction of sp³-hybridized carbons (Fsp3) is 0.500. The Hall–Kier alpha value is -1.88. The van der Waals surface area contributed by atoms with E-state index in [1.807, 2.05) is 32.0 Å². The van der Waals surface area contributed by atoms with Crippen molar-refractivity contribution in [2.45, 2.75) is 20.3 Å². The first-order valence-electron chi connectivity index (χ1n) is 7.27. The molecule has 1 heterocycles. The lowest BCUT2D eigenvalue weighted by Crippen LogP contribution is -2.50. The molecular weight excluding hydrogens is 268 g/mol. The molecular formula is C16H22N2O3. The lowest BCUT2D eigenvalue weighted by molar-refractivity contribution is -0.138. The molecule has 1 aromatic rings. The molecule has 0 aliphatic carbocycles. The van der Waals surface area contributed by atoms with E-state index in [-0.39, 0.29) is 18.4 Å². The van der Waals surface area contributed by atoms with E-state index in [0.29, 0.717) is 12.2 Å². The zero-order chi connectivity index (χ0) is 15.5. The molecule has 1 fully saturated rings. The maximum absolute atomic E-state index is 13.1. The van der Waals surface area contributed by atoms with Gasteiger partial charge in [0, 0.05) is 12.2 Å². The molecule has 5 heteroatoms. The van der Waals surface area contributed by atoms with E-state index in [9.17, 15) is 9.59 Å². The Morgan fingerprint density at radius 2 is 2.00 bits per heavy atom. The summed E-state index contributed by atoms with van der Waals surface area (Å²) >= 11 is 0. The van der Waals surface area contributed by atoms with Gasteiger partial charge in [0.1, 0.15) is 6.54 Å². The summed E-state index contributed by atoms with van der Waals surface area (Å²) in [5, 5.41) is 12.4. The molecule has 1 aromatic carbocycles. The number of anilines is 1. The van der Waals surface area contributed by atoms with Crippen LogP contribution in [-0.2, 0) is 9.59 Å². The Morgan fingerprint density at radius 3 is 2.48 bits per heavy atom. The van der Waals surface area contributed by atoms with Gasteiger partial charge in [-0.1, -0.05) is 32.0 Å². The minimum absolute atomic E-state index is 0.101. The number of hydrogen-bond acceptors (Lipinski definition) is 3. The number of para-hydroxylation sites is 1. The summed E-state index contributed by atoms with van der Waals surface area (Å²) in [7, 11) is 0. The van der Waals surface area contributed by atoms with Crippen LogP contribution in [-0.4, -0.2) is 36.6 Å². The van der Waals surface area contributed by atoms with Crippen molar-refractivity contribution >= 4 is 17.6 Å². The van der Waals surface area contributed by atoms with Gasteiger partial charge in [0.2, 0.25) is 5.91 Å². The van der Waals surface area contributed by atoms with Crippen molar-refractivity contribution in [3.63, 3.8) is 0 Å². The predicted octanol–water partition coefficient (Wildman–Crippen LogP) is 1.74. The fourth-order valence-electron chi connectivity index (χ4n) is 2.93. The molecule has 1 amide bonds. The van der Waals surface area contributed by atoms with Crippen LogP contribution in [0.4, 0.5) is 5.69 Å². The number of hydrogen-bond donors (Lipinski definition) is 2. The Balaban J connectivity index is 2.36. The normalized spacial score (nSPS) is 21.5. The topological polar surface area (TPSA) is 69.6 Å². The largest absolute Gasteiger partial charge is 0.480 e. The molecule has 0 bridgehead atoms. The lowest BCUT2D eigenvalue weighted by atomic mass is 9.75. The third-order valence-electron chi connectivity index (χ3n) is 4.33. The van der Waals surface area contributed by atoms with Crippen molar-refractivity contribution in [2.75, 3.05) is 24.5 Å². The summed E-state index contributed by atoms with van der Waals surface area (Å²) in [6, 6.07) is 9.02. The van der Waals surface area contributed by atoms with Crippen molar-refractivity contribution in [1.29, 1.82) is 0 Å². The third kappa shape index (κ3) is 3.08. The highest BCUT2D eigenvalue weighted by Crippen LogP contribution is 2.37. The van der Waals surface area contributed by atoms with Gasteiger partial charge >= 0.3 is 5.97 Å². The fourth-order valence-corrected chi connectivity index (χ4v) is 2.93. The quantitative estimate of drug-likeness (QED) is 0.866. The smallest absolute Gasteiger partial charge is 0.323 e. The van der Waals surface area contributed by atoms with Crippen molar-refractivity contribution in [1.82, 2.24) is 5.32 Å². The Kier molecular flexibility index (Phi) is 4.63. The highest BCUT2D eigenvalue weighted by Gasteiger charge is 2.46. The minimum atomic E-state index is -1.00. The predicted molar refractivity (Wildman–Crippen MR) is 81.2 cm³/mol. The molecule has 0 aromatic heterocycles. The minimum Gasteiger partial charge on any atom is -0.480 e. The molecule has 2 rings (SSSR count). The monoisotopic (exact) mass is 290 g/mol. The van der Waals surface area contributed by atoms with Crippen LogP contribution in [0.3, 0.4) is 0 Å². The van der Waals surface area contributed by atoms with Crippen LogP contribution in [0, 0.1) is 11.3 Å². The van der Waals surface area contributed by atoms with E-state index in [1.54, 1.807) is 12.1 Å². The molecule has 21 heavy (non-hydrogen) atoms. The second-order valence-corrected chi connectivity index (χ2v) is 5.86. The van der Waals surface area contributed by atoms with Gasteiger partial charge < -0.3 is 15.3 Å². The molecule has 1 unspecified atom stereocenters. The van der Waals surface area contributed by atoms with Crippen molar-refractivity contribution in [2.24, 2.45) is 11.3 Å². The van der Waals surface area contributed by atoms with Gasteiger partial charge in [-0.25, -0.2) is 0 Å². The van der Waals surface area contributed by atoms with Crippen LogP contribution in [0.1, 0.15) is 20.3 Å². The number of carboxylic acid groups (broad SMARTS) is 1. The first-order valence-corrected chi connectivity index (χ1v) is 7.27. The zero-order valence-electron chi connectivity index (χ0n) is 12.5. The summed E-state index contributed by atoms with van der Waals surface area (Å²) in [5.74, 6) is -0.951. The van der Waals surface area contributed by atoms with Gasteiger partial charge in [0.05, 0.1) is 5.41 Å². The van der Waals surface area contributed by atoms with Gasteiger partial charge in [-0.3, -0.25) is 9.59 Å². The highest BCUT2D eigenvalue weighted by atomic mass is 16.4. The van der Waals surface area contributed by atoms with E-state index in [0.717, 1.165) is 13.0 Å². The van der Waals surface area contributed by atoms with Gasteiger partial charge in [0.25, 0.3) is 0 Å². The molecule has 5 nitrogen and oxygen atoms in total. The lowest BCUT2D eigenvalue weighted by Gasteiger charge is -2.36. The Bertz CT molecular complexity index is 508.